The first-order chi connectivity index (χ1) is 19.2. The minimum absolute atomic E-state index is 0.287. The molecule has 0 atom stereocenters. The van der Waals surface area contributed by atoms with Crippen LogP contribution in [0.5, 0.6) is 5.75 Å². The molecule has 2 N–H and O–H groups in total. The number of carboxylic acids is 1. The summed E-state index contributed by atoms with van der Waals surface area (Å²) in [4.78, 5) is 11.4. The number of aromatic carboxylic acids is 1. The highest BCUT2D eigenvalue weighted by Gasteiger charge is 2.21. The highest BCUT2D eigenvalue weighted by atomic mass is 35.5. The quantitative estimate of drug-likeness (QED) is 0.181. The summed E-state index contributed by atoms with van der Waals surface area (Å²) in [5.74, 6) is -0.0766. The van der Waals surface area contributed by atoms with Gasteiger partial charge in [-0.1, -0.05) is 41.9 Å². The van der Waals surface area contributed by atoms with Gasteiger partial charge in [0.2, 0.25) is 0 Å². The first-order valence-corrected chi connectivity index (χ1v) is 13.9. The molecule has 0 fully saturated rings. The standard InChI is InChI=1S/C33H34ClN3O3/c1-19-16-26(17-20(2)31(19)34)40-15-7-10-27-23(5)37(18-24-11-13-25(14-12-24)33(38)39)32-28(27)8-6-9-29(32)30-21(3)35-36-22(30)4/h6,8-9,11-14,16-17H,7,10,15,18H2,1-5H3,(H,35,36)(H,38,39). The van der Waals surface area contributed by atoms with E-state index in [0.29, 0.717) is 13.2 Å². The van der Waals surface area contributed by atoms with Gasteiger partial charge in [-0.3, -0.25) is 5.10 Å². The number of fused-ring (bicyclic) bond motifs is 1. The molecule has 7 heteroatoms. The lowest BCUT2D eigenvalue weighted by Gasteiger charge is -2.13. The van der Waals surface area contributed by atoms with Crippen molar-refractivity contribution in [2.45, 2.75) is 54.0 Å². The van der Waals surface area contributed by atoms with Gasteiger partial charge in [-0.05, 0) is 94.0 Å². The molecular weight excluding hydrogens is 522 g/mol. The van der Waals surface area contributed by atoms with E-state index < -0.39 is 5.97 Å². The van der Waals surface area contributed by atoms with Crippen LogP contribution in [0.1, 0.15) is 56.1 Å². The Labute approximate surface area is 239 Å². The van der Waals surface area contributed by atoms with Crippen LogP contribution in [0.25, 0.3) is 22.0 Å². The summed E-state index contributed by atoms with van der Waals surface area (Å²) in [7, 11) is 0. The molecule has 0 aliphatic rings. The molecule has 0 saturated carbocycles. The monoisotopic (exact) mass is 555 g/mol. The predicted octanol–water partition coefficient (Wildman–Crippen LogP) is 7.99. The fourth-order valence-corrected chi connectivity index (χ4v) is 5.74. The average molecular weight is 556 g/mol. The third-order valence-corrected chi connectivity index (χ3v) is 8.26. The SMILES string of the molecule is Cc1cc(OCCCc2c(C)n(Cc3ccc(C(=O)O)cc3)c3c(-c4c(C)n[nH]c4C)cccc23)cc(C)c1Cl. The summed E-state index contributed by atoms with van der Waals surface area (Å²) >= 11 is 6.33. The van der Waals surface area contributed by atoms with E-state index in [1.54, 1.807) is 12.1 Å². The summed E-state index contributed by atoms with van der Waals surface area (Å²) in [6.45, 7) is 11.5. The number of carboxylic acid groups (broad SMARTS) is 1. The number of hydrogen-bond donors (Lipinski definition) is 2. The van der Waals surface area contributed by atoms with E-state index in [1.165, 1.54) is 16.6 Å². The van der Waals surface area contributed by atoms with Gasteiger partial charge in [0.1, 0.15) is 5.75 Å². The van der Waals surface area contributed by atoms with Crippen molar-refractivity contribution in [1.29, 1.82) is 0 Å². The van der Waals surface area contributed by atoms with Crippen molar-refractivity contribution in [3.8, 4) is 16.9 Å². The van der Waals surface area contributed by atoms with Crippen LogP contribution in [0.3, 0.4) is 0 Å². The zero-order chi connectivity index (χ0) is 28.6. The number of aryl methyl sites for hydroxylation is 5. The van der Waals surface area contributed by atoms with E-state index in [-0.39, 0.29) is 5.56 Å². The summed E-state index contributed by atoms with van der Waals surface area (Å²) in [5, 5.41) is 18.9. The number of hydrogen-bond acceptors (Lipinski definition) is 3. The maximum Gasteiger partial charge on any atom is 0.335 e. The smallest absolute Gasteiger partial charge is 0.335 e. The third-order valence-electron chi connectivity index (χ3n) is 7.66. The molecule has 2 heterocycles. The number of halogens is 1. The van der Waals surface area contributed by atoms with Crippen LogP contribution in [0.15, 0.2) is 54.6 Å². The highest BCUT2D eigenvalue weighted by Crippen LogP contribution is 2.37. The summed E-state index contributed by atoms with van der Waals surface area (Å²) in [6.07, 6.45) is 1.73. The predicted molar refractivity (Wildman–Crippen MR) is 161 cm³/mol. The van der Waals surface area contributed by atoms with Gasteiger partial charge in [0, 0.05) is 39.5 Å². The zero-order valence-electron chi connectivity index (χ0n) is 23.6. The number of aromatic nitrogens is 3. The first kappa shape index (κ1) is 27.5. The minimum atomic E-state index is -0.921. The van der Waals surface area contributed by atoms with Gasteiger partial charge >= 0.3 is 5.97 Å². The molecule has 0 unspecified atom stereocenters. The van der Waals surface area contributed by atoms with Gasteiger partial charge < -0.3 is 14.4 Å². The van der Waals surface area contributed by atoms with Crippen LogP contribution >= 0.6 is 11.6 Å². The molecule has 3 aromatic carbocycles. The summed E-state index contributed by atoms with van der Waals surface area (Å²) in [6, 6.07) is 17.6. The lowest BCUT2D eigenvalue weighted by atomic mass is 9.99. The van der Waals surface area contributed by atoms with E-state index in [4.69, 9.17) is 16.3 Å². The molecule has 206 valence electrons. The number of carbonyl (C=O) groups is 1. The summed E-state index contributed by atoms with van der Waals surface area (Å²) < 4.78 is 8.47. The van der Waals surface area contributed by atoms with Crippen molar-refractivity contribution < 1.29 is 14.6 Å². The number of para-hydroxylation sites is 1. The van der Waals surface area contributed by atoms with Gasteiger partial charge in [0.05, 0.1) is 23.4 Å². The van der Waals surface area contributed by atoms with Gasteiger partial charge in [-0.2, -0.15) is 5.10 Å². The molecule has 0 amide bonds. The third kappa shape index (κ3) is 5.24. The second-order valence-corrected chi connectivity index (χ2v) is 10.9. The lowest BCUT2D eigenvalue weighted by Crippen LogP contribution is -2.05. The number of H-pyrrole nitrogens is 1. The van der Waals surface area contributed by atoms with Gasteiger partial charge in [-0.25, -0.2) is 4.79 Å². The molecule has 5 aromatic rings. The Morgan fingerprint density at radius 1 is 1.02 bits per heavy atom. The maximum absolute atomic E-state index is 11.4. The van der Waals surface area contributed by atoms with Gasteiger partial charge in [-0.15, -0.1) is 0 Å². The van der Waals surface area contributed by atoms with E-state index in [1.807, 2.05) is 45.0 Å². The Kier molecular flexibility index (Phi) is 7.72. The Morgan fingerprint density at radius 3 is 2.35 bits per heavy atom. The second kappa shape index (κ2) is 11.2. The zero-order valence-corrected chi connectivity index (χ0v) is 24.3. The number of ether oxygens (including phenoxy) is 1. The first-order valence-electron chi connectivity index (χ1n) is 13.5. The van der Waals surface area contributed by atoms with E-state index in [9.17, 15) is 9.90 Å². The molecular formula is C33H34ClN3O3. The van der Waals surface area contributed by atoms with Crippen molar-refractivity contribution in [2.75, 3.05) is 6.61 Å². The van der Waals surface area contributed by atoms with Crippen LogP contribution in [-0.2, 0) is 13.0 Å². The molecule has 5 rings (SSSR count). The number of aromatic amines is 1. The molecule has 0 aliphatic carbocycles. The minimum Gasteiger partial charge on any atom is -0.494 e. The Morgan fingerprint density at radius 2 is 1.73 bits per heavy atom. The Hall–Kier alpha value is -4.03. The van der Waals surface area contributed by atoms with E-state index >= 15 is 0 Å². The molecule has 0 bridgehead atoms. The van der Waals surface area contributed by atoms with Crippen LogP contribution in [-0.4, -0.2) is 32.4 Å². The molecule has 0 saturated heterocycles. The second-order valence-electron chi connectivity index (χ2n) is 10.5. The molecule has 6 nitrogen and oxygen atoms in total. The number of nitrogens with zero attached hydrogens (tertiary/aromatic N) is 2. The average Bonchev–Trinajstić information content (AvgIpc) is 3.40. The molecule has 0 aliphatic heterocycles. The van der Waals surface area contributed by atoms with Gasteiger partial charge in [0.25, 0.3) is 0 Å². The number of nitrogens with one attached hydrogen (secondary N) is 1. The molecule has 0 radical (unpaired) electrons. The van der Waals surface area contributed by atoms with Crippen molar-refractivity contribution in [3.05, 3.63) is 105 Å². The fourth-order valence-electron chi connectivity index (χ4n) is 5.63. The maximum atomic E-state index is 11.4. The Balaban J connectivity index is 1.50. The largest absolute Gasteiger partial charge is 0.494 e. The van der Waals surface area contributed by atoms with Crippen LogP contribution < -0.4 is 4.74 Å². The van der Waals surface area contributed by atoms with E-state index in [0.717, 1.165) is 68.3 Å². The molecule has 40 heavy (non-hydrogen) atoms. The van der Waals surface area contributed by atoms with Gasteiger partial charge in [0.15, 0.2) is 0 Å². The van der Waals surface area contributed by atoms with Crippen LogP contribution in [0.2, 0.25) is 5.02 Å². The Bertz CT molecular complexity index is 1670. The topological polar surface area (TPSA) is 80.1 Å². The van der Waals surface area contributed by atoms with Crippen molar-refractivity contribution in [3.63, 3.8) is 0 Å². The van der Waals surface area contributed by atoms with Crippen molar-refractivity contribution in [1.82, 2.24) is 14.8 Å². The normalized spacial score (nSPS) is 11.3. The van der Waals surface area contributed by atoms with Crippen LogP contribution in [0, 0.1) is 34.6 Å². The van der Waals surface area contributed by atoms with E-state index in [2.05, 4.69) is 46.8 Å². The van der Waals surface area contributed by atoms with Crippen molar-refractivity contribution >= 4 is 28.5 Å². The lowest BCUT2D eigenvalue weighted by molar-refractivity contribution is 0.0697. The summed E-state index contributed by atoms with van der Waals surface area (Å²) in [5.41, 5.74) is 11.3. The molecule has 2 aromatic heterocycles. The van der Waals surface area contributed by atoms with Crippen molar-refractivity contribution in [2.24, 2.45) is 0 Å². The fraction of sp³-hybridized carbons (Fsp3) is 0.273. The number of rotatable bonds is 9. The highest BCUT2D eigenvalue weighted by molar-refractivity contribution is 6.32. The van der Waals surface area contributed by atoms with Crippen LogP contribution in [0.4, 0.5) is 0 Å². The molecule has 0 spiro atoms. The number of benzene rings is 3.